The Balaban J connectivity index is 0.00000196. The van der Waals surface area contributed by atoms with Gasteiger partial charge >= 0.3 is 5.97 Å². The van der Waals surface area contributed by atoms with Gasteiger partial charge in [-0.2, -0.15) is 0 Å². The zero-order chi connectivity index (χ0) is 10.6. The highest BCUT2D eigenvalue weighted by atomic mass is 35.5. The predicted octanol–water partition coefficient (Wildman–Crippen LogP) is -3.49. The molecule has 0 aliphatic carbocycles. The van der Waals surface area contributed by atoms with Gasteiger partial charge in [-0.25, -0.2) is 4.79 Å². The molecular formula is C10H14ClNO3. The second kappa shape index (κ2) is 6.40. The van der Waals surface area contributed by atoms with Crippen molar-refractivity contribution < 1.29 is 32.8 Å². The Morgan fingerprint density at radius 2 is 1.93 bits per heavy atom. The van der Waals surface area contributed by atoms with Crippen LogP contribution in [0.3, 0.4) is 0 Å². The minimum atomic E-state index is -1.21. The van der Waals surface area contributed by atoms with E-state index in [0.717, 1.165) is 5.56 Å². The van der Waals surface area contributed by atoms with Gasteiger partial charge in [0.25, 0.3) is 0 Å². The van der Waals surface area contributed by atoms with Crippen molar-refractivity contribution in [2.75, 3.05) is 7.11 Å². The van der Waals surface area contributed by atoms with E-state index >= 15 is 0 Å². The summed E-state index contributed by atoms with van der Waals surface area (Å²) in [6.45, 7) is 0. The normalized spacial score (nSPS) is 13.5. The van der Waals surface area contributed by atoms with Crippen molar-refractivity contribution in [2.45, 2.75) is 12.1 Å². The van der Waals surface area contributed by atoms with Gasteiger partial charge in [-0.3, -0.25) is 0 Å². The summed E-state index contributed by atoms with van der Waals surface area (Å²) in [5.41, 5.74) is 4.54. The molecule has 1 aromatic rings. The van der Waals surface area contributed by atoms with Gasteiger partial charge in [0.15, 0.2) is 0 Å². The van der Waals surface area contributed by atoms with E-state index < -0.39 is 18.1 Å². The Kier molecular flexibility index (Phi) is 5.93. The number of hydrogen-bond acceptors (Lipinski definition) is 3. The second-order valence-electron chi connectivity index (χ2n) is 2.99. The highest BCUT2D eigenvalue weighted by Gasteiger charge is 2.27. The first-order valence-corrected chi connectivity index (χ1v) is 4.30. The van der Waals surface area contributed by atoms with Gasteiger partial charge in [-0.15, -0.1) is 0 Å². The lowest BCUT2D eigenvalue weighted by Gasteiger charge is -2.13. The van der Waals surface area contributed by atoms with Gasteiger partial charge < -0.3 is 28.0 Å². The Morgan fingerprint density at radius 1 is 1.40 bits per heavy atom. The molecule has 1 rings (SSSR count). The number of carbonyl (C=O) groups is 1. The van der Waals surface area contributed by atoms with E-state index in [2.05, 4.69) is 10.5 Å². The summed E-state index contributed by atoms with van der Waals surface area (Å²) in [7, 11) is 1.24. The van der Waals surface area contributed by atoms with Crippen LogP contribution < -0.4 is 18.1 Å². The standard InChI is InChI=1S/C10H13NO3.ClH/c1-14-10(13)9(12)8(11)7-5-3-2-4-6-7;/h2-6,8-9,12H,11H2,1H3;1H/t8-,9-;/m0./s1. The SMILES string of the molecule is COC(=O)[C@@H](O)[C@@H]([NH3+])c1ccccc1.[Cl-]. The van der Waals surface area contributed by atoms with Crippen LogP contribution in [-0.2, 0) is 9.53 Å². The maximum absolute atomic E-state index is 11.0. The first kappa shape index (κ1) is 13.9. The van der Waals surface area contributed by atoms with Crippen molar-refractivity contribution in [2.24, 2.45) is 0 Å². The molecule has 0 heterocycles. The van der Waals surface area contributed by atoms with Gasteiger partial charge in [0, 0.05) is 5.56 Å². The Morgan fingerprint density at radius 3 is 2.40 bits per heavy atom. The first-order valence-electron chi connectivity index (χ1n) is 4.30. The lowest BCUT2D eigenvalue weighted by Crippen LogP contribution is -3.00. The van der Waals surface area contributed by atoms with E-state index in [0.29, 0.717) is 0 Å². The summed E-state index contributed by atoms with van der Waals surface area (Å²) in [5, 5.41) is 9.50. The molecule has 84 valence electrons. The smallest absolute Gasteiger partial charge is 0.341 e. The summed E-state index contributed by atoms with van der Waals surface area (Å²) < 4.78 is 4.43. The fourth-order valence-corrected chi connectivity index (χ4v) is 1.17. The zero-order valence-electron chi connectivity index (χ0n) is 8.39. The number of quaternary nitrogens is 1. The third-order valence-corrected chi connectivity index (χ3v) is 2.05. The molecule has 0 saturated heterocycles. The summed E-state index contributed by atoms with van der Waals surface area (Å²) in [6, 6.07) is 8.65. The molecule has 4 nitrogen and oxygen atoms in total. The molecular weight excluding hydrogens is 218 g/mol. The quantitative estimate of drug-likeness (QED) is 0.531. The van der Waals surface area contributed by atoms with Gasteiger partial charge in [0.2, 0.25) is 6.10 Å². The summed E-state index contributed by atoms with van der Waals surface area (Å²) in [5.74, 6) is -0.658. The first-order chi connectivity index (χ1) is 6.66. The van der Waals surface area contributed by atoms with E-state index in [9.17, 15) is 9.90 Å². The average Bonchev–Trinajstić information content (AvgIpc) is 2.27. The molecule has 4 N–H and O–H groups in total. The van der Waals surface area contributed by atoms with Crippen LogP contribution in [0.1, 0.15) is 11.6 Å². The van der Waals surface area contributed by atoms with E-state index in [1.807, 2.05) is 30.3 Å². The number of halogens is 1. The number of aliphatic hydroxyl groups is 1. The van der Waals surface area contributed by atoms with E-state index in [4.69, 9.17) is 0 Å². The summed E-state index contributed by atoms with van der Waals surface area (Å²) in [6.07, 6.45) is -1.21. The van der Waals surface area contributed by atoms with E-state index in [-0.39, 0.29) is 12.4 Å². The monoisotopic (exact) mass is 231 g/mol. The van der Waals surface area contributed by atoms with Crippen LogP contribution in [0, 0.1) is 0 Å². The maximum atomic E-state index is 11.0. The lowest BCUT2D eigenvalue weighted by molar-refractivity contribution is -0.441. The predicted molar refractivity (Wildman–Crippen MR) is 50.1 cm³/mol. The molecule has 0 saturated carbocycles. The average molecular weight is 232 g/mol. The van der Waals surface area contributed by atoms with Crippen LogP contribution in [0.25, 0.3) is 0 Å². The highest BCUT2D eigenvalue weighted by molar-refractivity contribution is 5.75. The molecule has 0 unspecified atom stereocenters. The molecule has 0 aliphatic heterocycles. The van der Waals surface area contributed by atoms with Crippen molar-refractivity contribution >= 4 is 5.97 Å². The molecule has 0 spiro atoms. The number of esters is 1. The molecule has 0 bridgehead atoms. The molecule has 5 heteroatoms. The van der Waals surface area contributed by atoms with Crippen LogP contribution in [-0.4, -0.2) is 24.3 Å². The highest BCUT2D eigenvalue weighted by Crippen LogP contribution is 2.12. The number of hydrogen-bond donors (Lipinski definition) is 2. The van der Waals surface area contributed by atoms with Crippen LogP contribution in [0.15, 0.2) is 30.3 Å². The molecule has 0 fully saturated rings. The summed E-state index contributed by atoms with van der Waals surface area (Å²) in [4.78, 5) is 11.0. The molecule has 15 heavy (non-hydrogen) atoms. The zero-order valence-corrected chi connectivity index (χ0v) is 9.15. The van der Waals surface area contributed by atoms with Crippen molar-refractivity contribution in [1.29, 1.82) is 0 Å². The molecule has 0 aromatic heterocycles. The minimum absolute atomic E-state index is 0. The topological polar surface area (TPSA) is 74.2 Å². The number of aliphatic hydroxyl groups excluding tert-OH is 1. The Bertz CT molecular complexity index is 305. The van der Waals surface area contributed by atoms with Crippen molar-refractivity contribution in [3.8, 4) is 0 Å². The summed E-state index contributed by atoms with van der Waals surface area (Å²) >= 11 is 0. The largest absolute Gasteiger partial charge is 1.00 e. The van der Waals surface area contributed by atoms with Crippen LogP contribution >= 0.6 is 0 Å². The third-order valence-electron chi connectivity index (χ3n) is 2.05. The third kappa shape index (κ3) is 3.51. The lowest BCUT2D eigenvalue weighted by atomic mass is 10.0. The number of rotatable bonds is 3. The van der Waals surface area contributed by atoms with Crippen LogP contribution in [0.5, 0.6) is 0 Å². The molecule has 2 atom stereocenters. The Hall–Kier alpha value is -1.10. The molecule has 1 aromatic carbocycles. The van der Waals surface area contributed by atoms with Gasteiger partial charge in [-0.05, 0) is 0 Å². The molecule has 0 radical (unpaired) electrons. The molecule has 0 aliphatic rings. The maximum Gasteiger partial charge on any atom is 0.341 e. The van der Waals surface area contributed by atoms with Crippen molar-refractivity contribution in [3.05, 3.63) is 35.9 Å². The fourth-order valence-electron chi connectivity index (χ4n) is 1.17. The minimum Gasteiger partial charge on any atom is -1.00 e. The Labute approximate surface area is 94.5 Å². The van der Waals surface area contributed by atoms with Crippen LogP contribution in [0.4, 0.5) is 0 Å². The van der Waals surface area contributed by atoms with Crippen molar-refractivity contribution in [1.82, 2.24) is 0 Å². The van der Waals surface area contributed by atoms with Crippen molar-refractivity contribution in [3.63, 3.8) is 0 Å². The number of ether oxygens (including phenoxy) is 1. The van der Waals surface area contributed by atoms with Gasteiger partial charge in [0.1, 0.15) is 6.04 Å². The molecule has 0 amide bonds. The van der Waals surface area contributed by atoms with E-state index in [1.54, 1.807) is 0 Å². The number of benzene rings is 1. The second-order valence-corrected chi connectivity index (χ2v) is 2.99. The van der Waals surface area contributed by atoms with Gasteiger partial charge in [-0.1, -0.05) is 30.3 Å². The van der Waals surface area contributed by atoms with Crippen LogP contribution in [0.2, 0.25) is 0 Å². The van der Waals surface area contributed by atoms with E-state index in [1.165, 1.54) is 7.11 Å². The number of carbonyl (C=O) groups excluding carboxylic acids is 1. The fraction of sp³-hybridized carbons (Fsp3) is 0.300. The number of methoxy groups -OCH3 is 1. The van der Waals surface area contributed by atoms with Gasteiger partial charge in [0.05, 0.1) is 7.11 Å².